The highest BCUT2D eigenvalue weighted by Gasteiger charge is 2.31. The van der Waals surface area contributed by atoms with Gasteiger partial charge in [0.2, 0.25) is 0 Å². The van der Waals surface area contributed by atoms with Crippen molar-refractivity contribution in [3.05, 3.63) is 59.2 Å². The highest BCUT2D eigenvalue weighted by molar-refractivity contribution is 7.92. The van der Waals surface area contributed by atoms with E-state index in [1.54, 1.807) is 0 Å². The summed E-state index contributed by atoms with van der Waals surface area (Å²) in [6.07, 6.45) is -4.68. The standard InChI is InChI=1S/C15H12F3NO4S/c1-9-12(14(20)21)6-3-7-13(9)19-24(22,23)11-5-2-4-10(8-11)15(16,17)18/h2-8,19H,1H3,(H,20,21). The molecule has 0 saturated heterocycles. The zero-order valence-electron chi connectivity index (χ0n) is 12.3. The second kappa shape index (κ2) is 6.16. The highest BCUT2D eigenvalue weighted by Crippen LogP contribution is 2.31. The molecule has 0 aliphatic carbocycles. The zero-order valence-corrected chi connectivity index (χ0v) is 13.1. The van der Waals surface area contributed by atoms with E-state index in [1.807, 2.05) is 0 Å². The molecule has 0 aliphatic rings. The Morgan fingerprint density at radius 3 is 2.33 bits per heavy atom. The maximum Gasteiger partial charge on any atom is 0.416 e. The number of nitrogens with one attached hydrogen (secondary N) is 1. The molecule has 0 fully saturated rings. The minimum atomic E-state index is -4.68. The first-order valence-corrected chi connectivity index (χ1v) is 8.03. The van der Waals surface area contributed by atoms with Crippen LogP contribution < -0.4 is 4.72 Å². The van der Waals surface area contributed by atoms with E-state index in [0.717, 1.165) is 18.2 Å². The topological polar surface area (TPSA) is 83.5 Å². The van der Waals surface area contributed by atoms with Gasteiger partial charge >= 0.3 is 12.1 Å². The maximum atomic E-state index is 12.7. The average Bonchev–Trinajstić information content (AvgIpc) is 2.48. The Kier molecular flexibility index (Phi) is 4.57. The Hall–Kier alpha value is -2.55. The van der Waals surface area contributed by atoms with Gasteiger partial charge in [0.15, 0.2) is 0 Å². The fraction of sp³-hybridized carbons (Fsp3) is 0.133. The smallest absolute Gasteiger partial charge is 0.416 e. The Balaban J connectivity index is 2.43. The van der Waals surface area contributed by atoms with Crippen molar-refractivity contribution in [2.24, 2.45) is 0 Å². The Morgan fingerprint density at radius 1 is 1.12 bits per heavy atom. The number of carbonyl (C=O) groups is 1. The molecule has 2 aromatic carbocycles. The number of aromatic carboxylic acids is 1. The molecule has 5 nitrogen and oxygen atoms in total. The van der Waals surface area contributed by atoms with E-state index in [4.69, 9.17) is 5.11 Å². The van der Waals surface area contributed by atoms with E-state index in [2.05, 4.69) is 4.72 Å². The van der Waals surface area contributed by atoms with Crippen molar-refractivity contribution in [2.75, 3.05) is 4.72 Å². The van der Waals surface area contributed by atoms with Crippen LogP contribution in [0.15, 0.2) is 47.4 Å². The molecule has 2 aromatic rings. The monoisotopic (exact) mass is 359 g/mol. The molecular formula is C15H12F3NO4S. The summed E-state index contributed by atoms with van der Waals surface area (Å²) in [6.45, 7) is 1.40. The maximum absolute atomic E-state index is 12.7. The van der Waals surface area contributed by atoms with Crippen LogP contribution in [0.25, 0.3) is 0 Å². The Labute approximate surface area is 135 Å². The van der Waals surface area contributed by atoms with Crippen LogP contribution in [0.2, 0.25) is 0 Å². The van der Waals surface area contributed by atoms with Crippen molar-refractivity contribution < 1.29 is 31.5 Å². The minimum Gasteiger partial charge on any atom is -0.478 e. The summed E-state index contributed by atoms with van der Waals surface area (Å²) in [7, 11) is -4.30. The summed E-state index contributed by atoms with van der Waals surface area (Å²) in [4.78, 5) is 10.5. The van der Waals surface area contributed by atoms with Crippen LogP contribution in [-0.2, 0) is 16.2 Å². The van der Waals surface area contributed by atoms with Gasteiger partial charge in [-0.1, -0.05) is 12.1 Å². The number of halogens is 3. The number of alkyl halides is 3. The van der Waals surface area contributed by atoms with Crippen LogP contribution in [0.1, 0.15) is 21.5 Å². The summed E-state index contributed by atoms with van der Waals surface area (Å²) in [5.41, 5.74) is -1.08. The van der Waals surface area contributed by atoms with E-state index in [-0.39, 0.29) is 16.8 Å². The van der Waals surface area contributed by atoms with E-state index in [1.165, 1.54) is 25.1 Å². The van der Waals surface area contributed by atoms with Crippen LogP contribution in [0, 0.1) is 6.92 Å². The number of hydrogen-bond donors (Lipinski definition) is 2. The molecule has 0 spiro atoms. The lowest BCUT2D eigenvalue weighted by atomic mass is 10.1. The molecule has 0 saturated carbocycles. The lowest BCUT2D eigenvalue weighted by Crippen LogP contribution is -2.16. The number of anilines is 1. The van der Waals surface area contributed by atoms with E-state index in [9.17, 15) is 26.4 Å². The largest absolute Gasteiger partial charge is 0.478 e. The van der Waals surface area contributed by atoms with Crippen LogP contribution >= 0.6 is 0 Å². The SMILES string of the molecule is Cc1c(NS(=O)(=O)c2cccc(C(F)(F)F)c2)cccc1C(=O)O. The van der Waals surface area contributed by atoms with Crippen LogP contribution in [0.4, 0.5) is 18.9 Å². The summed E-state index contributed by atoms with van der Waals surface area (Å²) in [5, 5.41) is 9.03. The number of rotatable bonds is 4. The Morgan fingerprint density at radius 2 is 1.75 bits per heavy atom. The van der Waals surface area contributed by atoms with E-state index in [0.29, 0.717) is 6.07 Å². The second-order valence-corrected chi connectivity index (χ2v) is 6.60. The molecule has 0 radical (unpaired) electrons. The summed E-state index contributed by atoms with van der Waals surface area (Å²) in [5.74, 6) is -1.24. The normalized spacial score (nSPS) is 12.0. The van der Waals surface area contributed by atoms with Gasteiger partial charge in [-0.2, -0.15) is 13.2 Å². The fourth-order valence-corrected chi connectivity index (χ4v) is 3.19. The van der Waals surface area contributed by atoms with Crippen molar-refractivity contribution >= 4 is 21.7 Å². The van der Waals surface area contributed by atoms with Crippen LogP contribution in [0.3, 0.4) is 0 Å². The lowest BCUT2D eigenvalue weighted by Gasteiger charge is -2.13. The van der Waals surface area contributed by atoms with Crippen molar-refractivity contribution in [3.63, 3.8) is 0 Å². The fourth-order valence-electron chi connectivity index (χ4n) is 2.02. The van der Waals surface area contributed by atoms with Gasteiger partial charge < -0.3 is 5.11 Å². The number of sulfonamides is 1. The molecule has 0 atom stereocenters. The molecule has 0 aromatic heterocycles. The molecule has 0 heterocycles. The third-order valence-electron chi connectivity index (χ3n) is 3.28. The molecule has 24 heavy (non-hydrogen) atoms. The predicted octanol–water partition coefficient (Wildman–Crippen LogP) is 3.51. The molecule has 9 heteroatoms. The van der Waals surface area contributed by atoms with E-state index >= 15 is 0 Å². The highest BCUT2D eigenvalue weighted by atomic mass is 32.2. The summed E-state index contributed by atoms with van der Waals surface area (Å²) in [6, 6.07) is 7.23. The molecule has 2 rings (SSSR count). The number of hydrogen-bond acceptors (Lipinski definition) is 3. The molecule has 0 amide bonds. The summed E-state index contributed by atoms with van der Waals surface area (Å²) < 4.78 is 64.8. The quantitative estimate of drug-likeness (QED) is 0.875. The van der Waals surface area contributed by atoms with Crippen molar-refractivity contribution in [1.29, 1.82) is 0 Å². The van der Waals surface area contributed by atoms with Gasteiger partial charge in [0, 0.05) is 0 Å². The zero-order chi connectivity index (χ0) is 18.1. The predicted molar refractivity (Wildman–Crippen MR) is 80.4 cm³/mol. The lowest BCUT2D eigenvalue weighted by molar-refractivity contribution is -0.137. The molecule has 128 valence electrons. The van der Waals surface area contributed by atoms with Crippen molar-refractivity contribution in [1.82, 2.24) is 0 Å². The Bertz CT molecular complexity index is 892. The molecule has 0 unspecified atom stereocenters. The first kappa shape index (κ1) is 17.8. The van der Waals surface area contributed by atoms with Gasteiger partial charge in [0.25, 0.3) is 10.0 Å². The van der Waals surface area contributed by atoms with Crippen molar-refractivity contribution in [3.8, 4) is 0 Å². The average molecular weight is 359 g/mol. The third-order valence-corrected chi connectivity index (χ3v) is 4.64. The number of carboxylic acids is 1. The van der Waals surface area contributed by atoms with Gasteiger partial charge in [-0.3, -0.25) is 4.72 Å². The first-order valence-electron chi connectivity index (χ1n) is 6.55. The van der Waals surface area contributed by atoms with Gasteiger partial charge in [0.05, 0.1) is 21.7 Å². The molecular weight excluding hydrogens is 347 g/mol. The van der Waals surface area contributed by atoms with Crippen molar-refractivity contribution in [2.45, 2.75) is 18.0 Å². The first-order chi connectivity index (χ1) is 11.0. The molecule has 0 aliphatic heterocycles. The van der Waals surface area contributed by atoms with Gasteiger partial charge in [-0.25, -0.2) is 13.2 Å². The number of benzene rings is 2. The van der Waals surface area contributed by atoms with Gasteiger partial charge in [-0.05, 0) is 42.8 Å². The minimum absolute atomic E-state index is 0.0210. The van der Waals surface area contributed by atoms with Crippen LogP contribution in [-0.4, -0.2) is 19.5 Å². The molecule has 0 bridgehead atoms. The van der Waals surface area contributed by atoms with E-state index < -0.39 is 32.6 Å². The number of carboxylic acid groups (broad SMARTS) is 1. The second-order valence-electron chi connectivity index (χ2n) is 4.91. The van der Waals surface area contributed by atoms with Gasteiger partial charge in [-0.15, -0.1) is 0 Å². The van der Waals surface area contributed by atoms with Gasteiger partial charge in [0.1, 0.15) is 0 Å². The third kappa shape index (κ3) is 3.67. The summed E-state index contributed by atoms with van der Waals surface area (Å²) >= 11 is 0. The molecule has 2 N–H and O–H groups in total. The van der Waals surface area contributed by atoms with Crippen LogP contribution in [0.5, 0.6) is 0 Å².